The van der Waals surface area contributed by atoms with Crippen LogP contribution in [0.2, 0.25) is 0 Å². The van der Waals surface area contributed by atoms with E-state index in [1.807, 2.05) is 33.8 Å². The number of rotatable bonds is 5. The molecule has 0 unspecified atom stereocenters. The summed E-state index contributed by atoms with van der Waals surface area (Å²) in [5.74, 6) is -1.26. The van der Waals surface area contributed by atoms with Gasteiger partial charge in [-0.25, -0.2) is 8.42 Å². The third-order valence-electron chi connectivity index (χ3n) is 4.96. The lowest BCUT2D eigenvalue weighted by atomic mass is 9.92. The normalized spacial score (nSPS) is 20.6. The van der Waals surface area contributed by atoms with Crippen LogP contribution in [-0.2, 0) is 25.1 Å². The summed E-state index contributed by atoms with van der Waals surface area (Å²) in [5, 5.41) is 0. The monoisotopic (exact) mass is 395 g/mol. The zero-order chi connectivity index (χ0) is 20.5. The smallest absolute Gasteiger partial charge is 0.237 e. The van der Waals surface area contributed by atoms with E-state index in [2.05, 4.69) is 0 Å². The largest absolute Gasteiger partial charge is 0.372 e. The molecule has 7 heteroatoms. The summed E-state index contributed by atoms with van der Waals surface area (Å²) < 4.78 is 31.0. The Bertz CT molecular complexity index is 850. The van der Waals surface area contributed by atoms with Gasteiger partial charge in [-0.05, 0) is 63.8 Å². The molecule has 2 atom stereocenters. The molecule has 1 amide bonds. The maximum Gasteiger partial charge on any atom is 0.237 e. The van der Waals surface area contributed by atoms with Crippen molar-refractivity contribution >= 4 is 21.5 Å². The van der Waals surface area contributed by atoms with Crippen molar-refractivity contribution in [1.82, 2.24) is 4.90 Å². The zero-order valence-corrected chi connectivity index (χ0v) is 17.8. The first-order chi connectivity index (χ1) is 12.4. The van der Waals surface area contributed by atoms with Gasteiger partial charge in [0.05, 0.1) is 18.0 Å². The standard InChI is InChI=1S/C20H29NO5S/c1-12-7-13(2)20(17(6)22)16(5)18(12)10-27(24,25)11-19(23)21-8-14(3)26-15(4)9-21/h7,14-15H,8-11H2,1-6H3/t14-,15+. The molecule has 1 heterocycles. The second-order valence-electron chi connectivity index (χ2n) is 7.63. The number of ketones is 1. The van der Waals surface area contributed by atoms with Crippen molar-refractivity contribution < 1.29 is 22.7 Å². The third kappa shape index (κ3) is 5.17. The molecule has 0 aromatic heterocycles. The minimum atomic E-state index is -3.66. The summed E-state index contributed by atoms with van der Waals surface area (Å²) in [6.07, 6.45) is -0.222. The first-order valence-electron chi connectivity index (χ1n) is 9.15. The predicted molar refractivity (Wildman–Crippen MR) is 105 cm³/mol. The molecule has 1 fully saturated rings. The highest BCUT2D eigenvalue weighted by molar-refractivity contribution is 7.91. The molecule has 2 rings (SSSR count). The zero-order valence-electron chi connectivity index (χ0n) is 17.0. The van der Waals surface area contributed by atoms with E-state index in [-0.39, 0.29) is 23.7 Å². The van der Waals surface area contributed by atoms with Crippen LogP contribution in [0.1, 0.15) is 53.4 Å². The summed E-state index contributed by atoms with van der Waals surface area (Å²) in [6, 6.07) is 1.84. The van der Waals surface area contributed by atoms with Gasteiger partial charge >= 0.3 is 0 Å². The lowest BCUT2D eigenvalue weighted by molar-refractivity contribution is -0.140. The first kappa shape index (κ1) is 21.6. The van der Waals surface area contributed by atoms with E-state index in [0.29, 0.717) is 29.8 Å². The van der Waals surface area contributed by atoms with E-state index in [0.717, 1.165) is 11.1 Å². The van der Waals surface area contributed by atoms with Crippen molar-refractivity contribution in [3.8, 4) is 0 Å². The quantitative estimate of drug-likeness (QED) is 0.715. The number of hydrogen-bond donors (Lipinski definition) is 0. The molecule has 0 bridgehead atoms. The van der Waals surface area contributed by atoms with Gasteiger partial charge in [0, 0.05) is 18.7 Å². The molecular formula is C20H29NO5S. The number of morpholine rings is 1. The Morgan fingerprint density at radius 3 is 2.19 bits per heavy atom. The van der Waals surface area contributed by atoms with E-state index in [9.17, 15) is 18.0 Å². The van der Waals surface area contributed by atoms with Crippen molar-refractivity contribution in [3.63, 3.8) is 0 Å². The molecule has 27 heavy (non-hydrogen) atoms. The molecule has 0 aliphatic carbocycles. The van der Waals surface area contributed by atoms with E-state index in [1.54, 1.807) is 11.8 Å². The maximum atomic E-state index is 12.7. The Kier molecular flexibility index (Phi) is 6.47. The fourth-order valence-corrected chi connectivity index (χ4v) is 5.47. The minimum absolute atomic E-state index is 0.0870. The predicted octanol–water partition coefficient (Wildman–Crippen LogP) is 2.37. The van der Waals surface area contributed by atoms with Crippen LogP contribution in [0.4, 0.5) is 0 Å². The third-order valence-corrected chi connectivity index (χ3v) is 6.38. The molecule has 0 radical (unpaired) electrons. The van der Waals surface area contributed by atoms with Gasteiger partial charge in [-0.15, -0.1) is 0 Å². The molecule has 1 aliphatic heterocycles. The summed E-state index contributed by atoms with van der Waals surface area (Å²) in [5.41, 5.74) is 3.52. The SMILES string of the molecule is CC(=O)c1c(C)cc(C)c(CS(=O)(=O)CC(=O)N2C[C@@H](C)O[C@@H](C)C2)c1C. The van der Waals surface area contributed by atoms with Crippen LogP contribution < -0.4 is 0 Å². The minimum Gasteiger partial charge on any atom is -0.372 e. The number of sulfone groups is 1. The lowest BCUT2D eigenvalue weighted by Crippen LogP contribution is -2.49. The Morgan fingerprint density at radius 1 is 1.11 bits per heavy atom. The maximum absolute atomic E-state index is 12.7. The fraction of sp³-hybridized carbons (Fsp3) is 0.600. The Morgan fingerprint density at radius 2 is 1.67 bits per heavy atom. The number of Topliss-reactive ketones (excluding diaryl/α,β-unsaturated/α-hetero) is 1. The molecule has 1 aromatic carbocycles. The van der Waals surface area contributed by atoms with Gasteiger partial charge in [-0.3, -0.25) is 9.59 Å². The van der Waals surface area contributed by atoms with Gasteiger partial charge in [-0.1, -0.05) is 6.07 Å². The van der Waals surface area contributed by atoms with Gasteiger partial charge in [0.2, 0.25) is 5.91 Å². The van der Waals surface area contributed by atoms with Crippen LogP contribution in [0.5, 0.6) is 0 Å². The number of nitrogens with zero attached hydrogens (tertiary/aromatic N) is 1. The molecular weight excluding hydrogens is 366 g/mol. The average Bonchev–Trinajstić information content (AvgIpc) is 2.49. The van der Waals surface area contributed by atoms with Gasteiger partial charge in [0.25, 0.3) is 0 Å². The first-order valence-corrected chi connectivity index (χ1v) is 11.0. The molecule has 1 saturated heterocycles. The number of carbonyl (C=O) groups excluding carboxylic acids is 2. The van der Waals surface area contributed by atoms with Crippen LogP contribution in [0, 0.1) is 20.8 Å². The average molecular weight is 396 g/mol. The topological polar surface area (TPSA) is 80.8 Å². The van der Waals surface area contributed by atoms with E-state index in [1.165, 1.54) is 6.92 Å². The summed E-state index contributed by atoms with van der Waals surface area (Å²) >= 11 is 0. The van der Waals surface area contributed by atoms with Crippen LogP contribution in [0.25, 0.3) is 0 Å². The number of ether oxygens (including phenoxy) is 1. The van der Waals surface area contributed by atoms with Crippen molar-refractivity contribution in [2.24, 2.45) is 0 Å². The summed E-state index contributed by atoms with van der Waals surface area (Å²) in [4.78, 5) is 26.0. The number of amides is 1. The second-order valence-corrected chi connectivity index (χ2v) is 9.70. The lowest BCUT2D eigenvalue weighted by Gasteiger charge is -2.35. The number of carbonyl (C=O) groups is 2. The highest BCUT2D eigenvalue weighted by Crippen LogP contribution is 2.25. The Balaban J connectivity index is 2.23. The number of benzene rings is 1. The van der Waals surface area contributed by atoms with E-state index >= 15 is 0 Å². The van der Waals surface area contributed by atoms with Crippen LogP contribution >= 0.6 is 0 Å². The van der Waals surface area contributed by atoms with Crippen LogP contribution in [-0.4, -0.2) is 56.1 Å². The van der Waals surface area contributed by atoms with Crippen LogP contribution in [0.3, 0.4) is 0 Å². The fourth-order valence-electron chi connectivity index (χ4n) is 3.92. The van der Waals surface area contributed by atoms with Gasteiger partial charge in [0.15, 0.2) is 15.6 Å². The highest BCUT2D eigenvalue weighted by Gasteiger charge is 2.29. The van der Waals surface area contributed by atoms with Crippen molar-refractivity contribution in [2.45, 2.75) is 59.5 Å². The molecule has 0 spiro atoms. The Labute approximate surface area is 161 Å². The number of hydrogen-bond acceptors (Lipinski definition) is 5. The van der Waals surface area contributed by atoms with Crippen molar-refractivity contribution in [2.75, 3.05) is 18.8 Å². The molecule has 0 N–H and O–H groups in total. The summed E-state index contributed by atoms with van der Waals surface area (Å²) in [7, 11) is -3.66. The number of aryl methyl sites for hydroxylation is 2. The van der Waals surface area contributed by atoms with Crippen molar-refractivity contribution in [1.29, 1.82) is 0 Å². The van der Waals surface area contributed by atoms with Gasteiger partial charge < -0.3 is 9.64 Å². The second kappa shape index (κ2) is 8.10. The highest BCUT2D eigenvalue weighted by atomic mass is 32.2. The molecule has 6 nitrogen and oxygen atoms in total. The van der Waals surface area contributed by atoms with E-state index in [4.69, 9.17) is 4.74 Å². The summed E-state index contributed by atoms with van der Waals surface area (Å²) in [6.45, 7) is 11.5. The van der Waals surface area contributed by atoms with E-state index < -0.39 is 21.5 Å². The molecule has 150 valence electrons. The molecule has 1 aliphatic rings. The molecule has 1 aromatic rings. The van der Waals surface area contributed by atoms with Crippen molar-refractivity contribution in [3.05, 3.63) is 33.9 Å². The molecule has 0 saturated carbocycles. The van der Waals surface area contributed by atoms with Gasteiger partial charge in [-0.2, -0.15) is 0 Å². The van der Waals surface area contributed by atoms with Gasteiger partial charge in [0.1, 0.15) is 5.75 Å². The Hall–Kier alpha value is -1.73. The van der Waals surface area contributed by atoms with Crippen LogP contribution in [0.15, 0.2) is 6.07 Å².